The van der Waals surface area contributed by atoms with Crippen LogP contribution in [0.1, 0.15) is 52.1 Å². The Morgan fingerprint density at radius 1 is 0.900 bits per heavy atom. The summed E-state index contributed by atoms with van der Waals surface area (Å²) in [7, 11) is 0. The third-order valence-electron chi connectivity index (χ3n) is 4.11. The summed E-state index contributed by atoms with van der Waals surface area (Å²) in [5, 5.41) is 4.82. The lowest BCUT2D eigenvalue weighted by atomic mass is 10.1. The molecule has 30 heavy (non-hydrogen) atoms. The van der Waals surface area contributed by atoms with Crippen LogP contribution in [0.15, 0.2) is 60.9 Å². The van der Waals surface area contributed by atoms with Gasteiger partial charge >= 0.3 is 0 Å². The second-order valence-electron chi connectivity index (χ2n) is 6.31. The number of amides is 2. The van der Waals surface area contributed by atoms with Gasteiger partial charge in [-0.3, -0.25) is 14.4 Å². The van der Waals surface area contributed by atoms with E-state index in [1.807, 2.05) is 0 Å². The predicted octanol–water partition coefficient (Wildman–Crippen LogP) is 2.68. The van der Waals surface area contributed by atoms with E-state index in [1.54, 1.807) is 24.3 Å². The molecule has 0 saturated carbocycles. The van der Waals surface area contributed by atoms with Gasteiger partial charge in [-0.2, -0.15) is 0 Å². The van der Waals surface area contributed by atoms with Gasteiger partial charge in [-0.25, -0.2) is 14.4 Å². The number of Topliss-reactive ketones (excluding diaryl/α,β-unsaturated/α-hetero) is 1. The maximum Gasteiger partial charge on any atom is 0.270 e. The molecule has 0 aliphatic rings. The topological polar surface area (TPSA) is 101 Å². The number of nitrogens with one attached hydrogen (secondary N) is 2. The number of aromatic nitrogens is 2. The summed E-state index contributed by atoms with van der Waals surface area (Å²) in [6.45, 7) is -0.648. The van der Waals surface area contributed by atoms with Gasteiger partial charge in [-0.1, -0.05) is 36.4 Å². The van der Waals surface area contributed by atoms with Crippen LogP contribution in [0.2, 0.25) is 0 Å². The van der Waals surface area contributed by atoms with Gasteiger partial charge in [-0.15, -0.1) is 0 Å². The molecule has 2 amide bonds. The average molecular weight is 408 g/mol. The number of halogens is 1. The first-order valence-corrected chi connectivity index (χ1v) is 8.94. The Hall–Kier alpha value is -3.94. The van der Waals surface area contributed by atoms with Crippen LogP contribution in [0, 0.1) is 5.82 Å². The van der Waals surface area contributed by atoms with Gasteiger partial charge < -0.3 is 10.6 Å². The lowest BCUT2D eigenvalue weighted by molar-refractivity contribution is 0.0942. The van der Waals surface area contributed by atoms with E-state index >= 15 is 0 Å². The Balaban J connectivity index is 1.65. The fourth-order valence-corrected chi connectivity index (χ4v) is 2.46. The minimum atomic E-state index is -2.29. The number of carbonyl (C=O) groups excluding carboxylic acids is 3. The highest BCUT2D eigenvalue weighted by atomic mass is 19.1. The van der Waals surface area contributed by atoms with Crippen LogP contribution in [0.4, 0.5) is 4.39 Å². The molecule has 0 bridgehead atoms. The molecule has 0 unspecified atom stereocenters. The van der Waals surface area contributed by atoms with Gasteiger partial charge in [0.15, 0.2) is 5.78 Å². The Bertz CT molecular complexity index is 1150. The molecular formula is C22H19FN4O3. The molecule has 1 heterocycles. The second kappa shape index (κ2) is 9.51. The fraction of sp³-hybridized carbons (Fsp3) is 0.136. The van der Waals surface area contributed by atoms with Gasteiger partial charge in [0.05, 0.1) is 2.74 Å². The van der Waals surface area contributed by atoms with E-state index in [9.17, 15) is 18.8 Å². The number of rotatable bonds is 7. The average Bonchev–Trinajstić information content (AvgIpc) is 2.77. The van der Waals surface area contributed by atoms with Gasteiger partial charge in [0.25, 0.3) is 11.8 Å². The summed E-state index contributed by atoms with van der Waals surface area (Å²) < 4.78 is 29.1. The minimum Gasteiger partial charge on any atom is -0.347 e. The summed E-state index contributed by atoms with van der Waals surface area (Å²) in [6, 6.07) is 12.5. The molecule has 8 heteroatoms. The monoisotopic (exact) mass is 408 g/mol. The molecule has 3 rings (SSSR count). The van der Waals surface area contributed by atoms with Crippen LogP contribution in [0.3, 0.4) is 0 Å². The molecule has 0 atom stereocenters. The minimum absolute atomic E-state index is 0.0510. The van der Waals surface area contributed by atoms with E-state index in [0.29, 0.717) is 5.56 Å². The lowest BCUT2D eigenvalue weighted by Crippen LogP contribution is -2.27. The Labute approximate surface area is 175 Å². The zero-order valence-corrected chi connectivity index (χ0v) is 16.0. The predicted molar refractivity (Wildman–Crippen MR) is 107 cm³/mol. The highest BCUT2D eigenvalue weighted by Crippen LogP contribution is 2.06. The van der Waals surface area contributed by atoms with Crippen LogP contribution in [-0.2, 0) is 13.0 Å². The van der Waals surface area contributed by atoms with Gasteiger partial charge in [0.1, 0.15) is 23.5 Å². The highest BCUT2D eigenvalue weighted by Gasteiger charge is 2.13. The first-order chi connectivity index (χ1) is 15.2. The molecule has 2 N–H and O–H groups in total. The normalized spacial score (nSPS) is 11.8. The molecule has 0 aliphatic carbocycles. The van der Waals surface area contributed by atoms with Crippen molar-refractivity contribution >= 4 is 17.6 Å². The number of hydrogen-bond donors (Lipinski definition) is 2. The van der Waals surface area contributed by atoms with Gasteiger partial charge in [0, 0.05) is 24.7 Å². The van der Waals surface area contributed by atoms with Crippen molar-refractivity contribution in [2.45, 2.75) is 20.0 Å². The van der Waals surface area contributed by atoms with E-state index in [-0.39, 0.29) is 29.3 Å². The van der Waals surface area contributed by atoms with Gasteiger partial charge in [-0.05, 0) is 30.2 Å². The summed E-state index contributed by atoms with van der Waals surface area (Å²) >= 11 is 0. The summed E-state index contributed by atoms with van der Waals surface area (Å²) in [5.41, 5.74) is 1.10. The lowest BCUT2D eigenvalue weighted by Gasteiger charge is -2.07. The largest absolute Gasteiger partial charge is 0.347 e. The summed E-state index contributed by atoms with van der Waals surface area (Å²) in [5.74, 6) is -2.01. The molecule has 0 saturated heterocycles. The SMILES string of the molecule is [2H]C([2H])(NC(=O)c1cc(C(=O)NCc2ccc(C(C)=O)cc2)ncn1)c1ccc(F)cc1. The molecule has 7 nitrogen and oxygen atoms in total. The van der Waals surface area contributed by atoms with Crippen molar-refractivity contribution in [2.75, 3.05) is 0 Å². The Morgan fingerprint density at radius 3 is 2.07 bits per heavy atom. The zero-order chi connectivity index (χ0) is 23.3. The number of ketones is 1. The van der Waals surface area contributed by atoms with Crippen molar-refractivity contribution in [2.24, 2.45) is 0 Å². The zero-order valence-electron chi connectivity index (χ0n) is 18.0. The van der Waals surface area contributed by atoms with E-state index in [1.165, 1.54) is 19.1 Å². The molecule has 1 aromatic heterocycles. The van der Waals surface area contributed by atoms with Crippen LogP contribution in [0.25, 0.3) is 0 Å². The van der Waals surface area contributed by atoms with Crippen molar-refractivity contribution in [1.82, 2.24) is 20.6 Å². The van der Waals surface area contributed by atoms with Crippen molar-refractivity contribution in [1.29, 1.82) is 0 Å². The summed E-state index contributed by atoms with van der Waals surface area (Å²) in [4.78, 5) is 43.8. The molecule has 152 valence electrons. The Morgan fingerprint density at radius 2 is 1.47 bits per heavy atom. The quantitative estimate of drug-likeness (QED) is 0.586. The van der Waals surface area contributed by atoms with Crippen molar-refractivity contribution in [3.05, 3.63) is 94.8 Å². The standard InChI is InChI=1S/C22H19FN4O3/c1-14(28)17-6-2-15(3-7-17)11-24-21(29)19-10-20(27-13-26-19)22(30)25-12-16-4-8-18(23)9-5-16/h2-10,13H,11-12H2,1H3,(H,24,29)(H,25,30)/i12D2. The molecule has 3 aromatic rings. The maximum atomic E-state index is 13.1. The van der Waals surface area contributed by atoms with Crippen LogP contribution < -0.4 is 10.6 Å². The second-order valence-corrected chi connectivity index (χ2v) is 6.31. The first-order valence-electron chi connectivity index (χ1n) is 9.94. The van der Waals surface area contributed by atoms with E-state index in [2.05, 4.69) is 20.6 Å². The van der Waals surface area contributed by atoms with Crippen molar-refractivity contribution in [3.8, 4) is 0 Å². The molecule has 0 fully saturated rings. The molecule has 0 spiro atoms. The van der Waals surface area contributed by atoms with E-state index < -0.39 is 24.1 Å². The molecule has 0 radical (unpaired) electrons. The fourth-order valence-electron chi connectivity index (χ4n) is 2.46. The number of benzene rings is 2. The van der Waals surface area contributed by atoms with Crippen molar-refractivity contribution in [3.63, 3.8) is 0 Å². The van der Waals surface area contributed by atoms with Gasteiger partial charge in [0.2, 0.25) is 0 Å². The third kappa shape index (κ3) is 5.54. The first kappa shape index (κ1) is 18.1. The van der Waals surface area contributed by atoms with E-state index in [4.69, 9.17) is 2.74 Å². The summed E-state index contributed by atoms with van der Waals surface area (Å²) in [6.07, 6.45) is 1.03. The van der Waals surface area contributed by atoms with Crippen LogP contribution in [0.5, 0.6) is 0 Å². The maximum absolute atomic E-state index is 13.1. The number of hydrogen-bond acceptors (Lipinski definition) is 5. The highest BCUT2D eigenvalue weighted by molar-refractivity contribution is 5.97. The van der Waals surface area contributed by atoms with Crippen LogP contribution >= 0.6 is 0 Å². The molecular weight excluding hydrogens is 387 g/mol. The molecule has 2 aromatic carbocycles. The van der Waals surface area contributed by atoms with Crippen molar-refractivity contribution < 1.29 is 21.5 Å². The van der Waals surface area contributed by atoms with E-state index in [0.717, 1.165) is 30.1 Å². The number of nitrogens with zero attached hydrogens (tertiary/aromatic N) is 2. The van der Waals surface area contributed by atoms with Crippen LogP contribution in [-0.4, -0.2) is 27.6 Å². The third-order valence-corrected chi connectivity index (χ3v) is 4.11. The smallest absolute Gasteiger partial charge is 0.270 e. The molecule has 0 aliphatic heterocycles. The number of carbonyl (C=O) groups is 3. The Kier molecular flexibility index (Phi) is 5.74.